The first-order valence-corrected chi connectivity index (χ1v) is 7.99. The SMILES string of the molecule is CN(/C=C1\CCSc2ccccc2C1=O)c1ccccc1. The highest BCUT2D eigenvalue weighted by molar-refractivity contribution is 7.99. The monoisotopic (exact) mass is 295 g/mol. The van der Waals surface area contributed by atoms with Crippen molar-refractivity contribution < 1.29 is 4.79 Å². The van der Waals surface area contributed by atoms with Gasteiger partial charge in [0.2, 0.25) is 0 Å². The number of para-hydroxylation sites is 1. The van der Waals surface area contributed by atoms with Crippen LogP contribution < -0.4 is 4.90 Å². The van der Waals surface area contributed by atoms with Crippen LogP contribution in [0.15, 0.2) is 71.3 Å². The third-order valence-electron chi connectivity index (χ3n) is 3.57. The van der Waals surface area contributed by atoms with Crippen molar-refractivity contribution in [1.29, 1.82) is 0 Å². The van der Waals surface area contributed by atoms with E-state index in [9.17, 15) is 4.79 Å². The number of Topliss-reactive ketones (excluding diaryl/α,β-unsaturated/α-hetero) is 1. The molecule has 0 spiro atoms. The number of fused-ring (bicyclic) bond motifs is 1. The number of hydrogen-bond donors (Lipinski definition) is 0. The van der Waals surface area contributed by atoms with Crippen molar-refractivity contribution in [3.05, 3.63) is 71.9 Å². The van der Waals surface area contributed by atoms with Gasteiger partial charge in [-0.15, -0.1) is 11.8 Å². The molecule has 21 heavy (non-hydrogen) atoms. The van der Waals surface area contributed by atoms with Gasteiger partial charge in [0.05, 0.1) is 0 Å². The molecule has 0 saturated carbocycles. The Morgan fingerprint density at radius 1 is 1.05 bits per heavy atom. The molecule has 2 aromatic carbocycles. The quantitative estimate of drug-likeness (QED) is 0.767. The Kier molecular flexibility index (Phi) is 4.11. The Bertz CT molecular complexity index is 679. The fraction of sp³-hybridized carbons (Fsp3) is 0.167. The number of carbonyl (C=O) groups excluding carboxylic acids is 1. The zero-order valence-electron chi connectivity index (χ0n) is 12.0. The fourth-order valence-electron chi connectivity index (χ4n) is 2.43. The molecule has 0 unspecified atom stereocenters. The third-order valence-corrected chi connectivity index (χ3v) is 4.64. The maximum atomic E-state index is 12.7. The minimum Gasteiger partial charge on any atom is -0.351 e. The second-order valence-corrected chi connectivity index (χ2v) is 6.16. The average molecular weight is 295 g/mol. The van der Waals surface area contributed by atoms with Crippen LogP contribution >= 0.6 is 11.8 Å². The first kappa shape index (κ1) is 14.0. The summed E-state index contributed by atoms with van der Waals surface area (Å²) in [5, 5.41) is 0. The molecule has 3 rings (SSSR count). The van der Waals surface area contributed by atoms with Gasteiger partial charge in [-0.25, -0.2) is 0 Å². The van der Waals surface area contributed by atoms with Crippen molar-refractivity contribution in [3.63, 3.8) is 0 Å². The molecule has 0 fully saturated rings. The number of allylic oxidation sites excluding steroid dienone is 1. The van der Waals surface area contributed by atoms with E-state index in [4.69, 9.17) is 0 Å². The molecule has 0 amide bonds. The lowest BCUT2D eigenvalue weighted by Gasteiger charge is -2.16. The van der Waals surface area contributed by atoms with Crippen molar-refractivity contribution in [3.8, 4) is 0 Å². The lowest BCUT2D eigenvalue weighted by Crippen LogP contribution is -2.13. The second kappa shape index (κ2) is 6.19. The van der Waals surface area contributed by atoms with E-state index < -0.39 is 0 Å². The second-order valence-electron chi connectivity index (χ2n) is 5.02. The topological polar surface area (TPSA) is 20.3 Å². The van der Waals surface area contributed by atoms with Gasteiger partial charge in [0.25, 0.3) is 0 Å². The molecular weight excluding hydrogens is 278 g/mol. The highest BCUT2D eigenvalue weighted by Gasteiger charge is 2.20. The third kappa shape index (κ3) is 3.03. The van der Waals surface area contributed by atoms with Crippen LogP contribution in [0.5, 0.6) is 0 Å². The van der Waals surface area contributed by atoms with Gasteiger partial charge in [-0.05, 0) is 30.7 Å². The number of ketones is 1. The fourth-order valence-corrected chi connectivity index (χ4v) is 3.47. The van der Waals surface area contributed by atoms with E-state index in [2.05, 4.69) is 0 Å². The Balaban J connectivity index is 1.92. The molecule has 0 atom stereocenters. The van der Waals surface area contributed by atoms with E-state index in [-0.39, 0.29) is 5.78 Å². The van der Waals surface area contributed by atoms with Crippen molar-refractivity contribution in [2.45, 2.75) is 11.3 Å². The molecule has 0 aromatic heterocycles. The molecular formula is C18H17NOS. The normalized spacial score (nSPS) is 16.4. The predicted molar refractivity (Wildman–Crippen MR) is 89.0 cm³/mol. The van der Waals surface area contributed by atoms with Gasteiger partial charge in [-0.1, -0.05) is 30.3 Å². The number of hydrogen-bond acceptors (Lipinski definition) is 3. The van der Waals surface area contributed by atoms with E-state index in [1.54, 1.807) is 11.8 Å². The Hall–Kier alpha value is -2.00. The van der Waals surface area contributed by atoms with Crippen molar-refractivity contribution in [2.75, 3.05) is 17.7 Å². The zero-order chi connectivity index (χ0) is 14.7. The van der Waals surface area contributed by atoms with Crippen LogP contribution in [0.3, 0.4) is 0 Å². The highest BCUT2D eigenvalue weighted by Crippen LogP contribution is 2.31. The molecule has 2 aromatic rings. The molecule has 1 heterocycles. The lowest BCUT2D eigenvalue weighted by atomic mass is 10.0. The van der Waals surface area contributed by atoms with Crippen molar-refractivity contribution in [1.82, 2.24) is 0 Å². The molecule has 1 aliphatic rings. The minimum absolute atomic E-state index is 0.151. The predicted octanol–water partition coefficient (Wildman–Crippen LogP) is 4.39. The van der Waals surface area contributed by atoms with E-state index in [0.717, 1.165) is 33.9 Å². The van der Waals surface area contributed by atoms with Crippen LogP contribution in [-0.4, -0.2) is 18.6 Å². The molecule has 0 saturated heterocycles. The summed E-state index contributed by atoms with van der Waals surface area (Å²) in [5.74, 6) is 1.09. The van der Waals surface area contributed by atoms with Gasteiger partial charge >= 0.3 is 0 Å². The lowest BCUT2D eigenvalue weighted by molar-refractivity contribution is 0.102. The summed E-state index contributed by atoms with van der Waals surface area (Å²) in [7, 11) is 1.99. The largest absolute Gasteiger partial charge is 0.351 e. The Labute approximate surface area is 129 Å². The molecule has 0 bridgehead atoms. The summed E-state index contributed by atoms with van der Waals surface area (Å²) in [4.78, 5) is 15.8. The number of carbonyl (C=O) groups is 1. The minimum atomic E-state index is 0.151. The summed E-state index contributed by atoms with van der Waals surface area (Å²) in [6.45, 7) is 0. The van der Waals surface area contributed by atoms with Gasteiger partial charge in [-0.2, -0.15) is 0 Å². The molecule has 1 aliphatic heterocycles. The van der Waals surface area contributed by atoms with Gasteiger partial charge in [0.15, 0.2) is 5.78 Å². The smallest absolute Gasteiger partial charge is 0.191 e. The average Bonchev–Trinajstić information content (AvgIpc) is 2.69. The number of rotatable bonds is 2. The first-order valence-electron chi connectivity index (χ1n) is 7.01. The summed E-state index contributed by atoms with van der Waals surface area (Å²) in [6.07, 6.45) is 2.77. The Morgan fingerprint density at radius 3 is 2.57 bits per heavy atom. The zero-order valence-corrected chi connectivity index (χ0v) is 12.8. The van der Waals surface area contributed by atoms with E-state index >= 15 is 0 Å². The van der Waals surface area contributed by atoms with E-state index in [1.807, 2.05) is 72.7 Å². The van der Waals surface area contributed by atoms with Gasteiger partial charge < -0.3 is 4.90 Å². The van der Waals surface area contributed by atoms with Gasteiger partial charge in [0.1, 0.15) is 0 Å². The molecule has 106 valence electrons. The standard InChI is InChI=1S/C18H17NOS/c1-19(15-7-3-2-4-8-15)13-14-11-12-21-17-10-6-5-9-16(17)18(14)20/h2-10,13H,11-12H2,1H3/b14-13+. The molecule has 0 radical (unpaired) electrons. The van der Waals surface area contributed by atoms with Crippen LogP contribution in [0.25, 0.3) is 0 Å². The number of thioether (sulfide) groups is 1. The summed E-state index contributed by atoms with van der Waals surface area (Å²) >= 11 is 1.76. The summed E-state index contributed by atoms with van der Waals surface area (Å²) < 4.78 is 0. The Morgan fingerprint density at radius 2 is 1.76 bits per heavy atom. The van der Waals surface area contributed by atoms with Crippen LogP contribution in [0.1, 0.15) is 16.8 Å². The maximum Gasteiger partial charge on any atom is 0.191 e. The molecule has 0 N–H and O–H groups in total. The first-order chi connectivity index (χ1) is 10.3. The van der Waals surface area contributed by atoms with Crippen LogP contribution in [-0.2, 0) is 0 Å². The van der Waals surface area contributed by atoms with Crippen molar-refractivity contribution >= 4 is 23.2 Å². The highest BCUT2D eigenvalue weighted by atomic mass is 32.2. The van der Waals surface area contributed by atoms with E-state index in [1.165, 1.54) is 0 Å². The number of benzene rings is 2. The number of anilines is 1. The number of nitrogens with zero attached hydrogens (tertiary/aromatic N) is 1. The van der Waals surface area contributed by atoms with Gasteiger partial charge in [-0.3, -0.25) is 4.79 Å². The summed E-state index contributed by atoms with van der Waals surface area (Å²) in [6, 6.07) is 18.0. The van der Waals surface area contributed by atoms with Crippen LogP contribution in [0.2, 0.25) is 0 Å². The molecule has 3 heteroatoms. The molecule has 0 aliphatic carbocycles. The van der Waals surface area contributed by atoms with Crippen LogP contribution in [0, 0.1) is 0 Å². The summed E-state index contributed by atoms with van der Waals surface area (Å²) in [5.41, 5.74) is 2.79. The van der Waals surface area contributed by atoms with Gasteiger partial charge in [0, 0.05) is 40.7 Å². The van der Waals surface area contributed by atoms with Crippen molar-refractivity contribution in [2.24, 2.45) is 0 Å². The molecule has 2 nitrogen and oxygen atoms in total. The maximum absolute atomic E-state index is 12.7. The van der Waals surface area contributed by atoms with Crippen LogP contribution in [0.4, 0.5) is 5.69 Å². The van der Waals surface area contributed by atoms with E-state index in [0.29, 0.717) is 0 Å².